The molecule has 0 radical (unpaired) electrons. The first-order valence-corrected chi connectivity index (χ1v) is 7.09. The number of nitrogens with one attached hydrogen (secondary N) is 1. The Hall–Kier alpha value is -2.26. The number of nitrogens with zero attached hydrogens (tertiary/aromatic N) is 1. The van der Waals surface area contributed by atoms with E-state index >= 15 is 0 Å². The van der Waals surface area contributed by atoms with Gasteiger partial charge in [-0.3, -0.25) is 4.79 Å². The van der Waals surface area contributed by atoms with Crippen molar-refractivity contribution in [3.8, 4) is 0 Å². The molecule has 0 spiro atoms. The first kappa shape index (κ1) is 13.7. The summed E-state index contributed by atoms with van der Waals surface area (Å²) in [6.45, 7) is 0.485. The van der Waals surface area contributed by atoms with Crippen molar-refractivity contribution in [2.75, 3.05) is 0 Å². The maximum absolute atomic E-state index is 12.4. The first-order valence-electron chi connectivity index (χ1n) is 6.72. The molecule has 1 heterocycles. The fourth-order valence-corrected chi connectivity index (χ4v) is 2.53. The molecule has 0 aliphatic carbocycles. The number of carbonyl (C=O) groups excluding carboxylic acids is 1. The fraction of sp³-hybridized carbons (Fsp3) is 0.118. The molecule has 0 saturated carbocycles. The Bertz CT molecular complexity index is 790. The molecule has 0 fully saturated rings. The van der Waals surface area contributed by atoms with E-state index in [4.69, 9.17) is 11.6 Å². The SMILES string of the molecule is Cn1cc(C(=O)NCc2ccc(Cl)cc2)c2ccccc21. The van der Waals surface area contributed by atoms with Gasteiger partial charge in [-0.1, -0.05) is 41.9 Å². The molecule has 1 aromatic heterocycles. The predicted molar refractivity (Wildman–Crippen MR) is 85.5 cm³/mol. The summed E-state index contributed by atoms with van der Waals surface area (Å²) in [6.07, 6.45) is 1.86. The molecule has 3 nitrogen and oxygen atoms in total. The van der Waals surface area contributed by atoms with E-state index in [2.05, 4.69) is 5.32 Å². The molecule has 106 valence electrons. The van der Waals surface area contributed by atoms with Crippen LogP contribution in [0.1, 0.15) is 15.9 Å². The summed E-state index contributed by atoms with van der Waals surface area (Å²) in [5, 5.41) is 4.60. The Morgan fingerprint density at radius 1 is 1.14 bits per heavy atom. The summed E-state index contributed by atoms with van der Waals surface area (Å²) in [6, 6.07) is 15.3. The summed E-state index contributed by atoms with van der Waals surface area (Å²) in [4.78, 5) is 12.4. The van der Waals surface area contributed by atoms with Gasteiger partial charge in [0.25, 0.3) is 5.91 Å². The van der Waals surface area contributed by atoms with Crippen LogP contribution in [0.15, 0.2) is 54.7 Å². The van der Waals surface area contributed by atoms with Crippen LogP contribution in [0.4, 0.5) is 0 Å². The molecular weight excluding hydrogens is 284 g/mol. The highest BCUT2D eigenvalue weighted by Crippen LogP contribution is 2.20. The van der Waals surface area contributed by atoms with Crippen molar-refractivity contribution in [1.29, 1.82) is 0 Å². The Balaban J connectivity index is 1.79. The molecule has 4 heteroatoms. The van der Waals surface area contributed by atoms with Gasteiger partial charge in [0, 0.05) is 35.7 Å². The number of rotatable bonds is 3. The lowest BCUT2D eigenvalue weighted by molar-refractivity contribution is 0.0952. The van der Waals surface area contributed by atoms with Crippen molar-refractivity contribution in [3.05, 3.63) is 70.9 Å². The second-order valence-corrected chi connectivity index (χ2v) is 5.42. The van der Waals surface area contributed by atoms with Crippen LogP contribution in [-0.2, 0) is 13.6 Å². The van der Waals surface area contributed by atoms with Gasteiger partial charge in [-0.2, -0.15) is 0 Å². The second-order valence-electron chi connectivity index (χ2n) is 4.98. The van der Waals surface area contributed by atoms with Crippen molar-refractivity contribution in [3.63, 3.8) is 0 Å². The zero-order chi connectivity index (χ0) is 14.8. The molecule has 1 N–H and O–H groups in total. The summed E-state index contributed by atoms with van der Waals surface area (Å²) < 4.78 is 1.96. The Morgan fingerprint density at radius 2 is 1.86 bits per heavy atom. The number of amides is 1. The lowest BCUT2D eigenvalue weighted by atomic mass is 10.1. The molecule has 2 aromatic carbocycles. The van der Waals surface area contributed by atoms with E-state index in [1.165, 1.54) is 0 Å². The standard InChI is InChI=1S/C17H15ClN2O/c1-20-11-15(14-4-2-3-5-16(14)20)17(21)19-10-12-6-8-13(18)9-7-12/h2-9,11H,10H2,1H3,(H,19,21). The van der Waals surface area contributed by atoms with Gasteiger partial charge >= 0.3 is 0 Å². The van der Waals surface area contributed by atoms with E-state index in [-0.39, 0.29) is 5.91 Å². The Kier molecular flexibility index (Phi) is 3.67. The number of aryl methyl sites for hydroxylation is 1. The fourth-order valence-electron chi connectivity index (χ4n) is 2.40. The third kappa shape index (κ3) is 2.78. The van der Waals surface area contributed by atoms with Crippen molar-refractivity contribution in [2.24, 2.45) is 7.05 Å². The smallest absolute Gasteiger partial charge is 0.253 e. The van der Waals surface area contributed by atoms with Gasteiger partial charge in [0.2, 0.25) is 0 Å². The maximum atomic E-state index is 12.4. The largest absolute Gasteiger partial charge is 0.350 e. The molecule has 0 unspecified atom stereocenters. The number of carbonyl (C=O) groups is 1. The summed E-state index contributed by atoms with van der Waals surface area (Å²) in [5.41, 5.74) is 2.77. The summed E-state index contributed by atoms with van der Waals surface area (Å²) in [5.74, 6) is -0.0678. The van der Waals surface area contributed by atoms with Gasteiger partial charge in [0.05, 0.1) is 5.56 Å². The number of benzene rings is 2. The van der Waals surface area contributed by atoms with Crippen molar-refractivity contribution < 1.29 is 4.79 Å². The number of halogens is 1. The van der Waals surface area contributed by atoms with E-state index in [9.17, 15) is 4.79 Å². The minimum absolute atomic E-state index is 0.0678. The van der Waals surface area contributed by atoms with Crippen LogP contribution in [0.25, 0.3) is 10.9 Å². The zero-order valence-electron chi connectivity index (χ0n) is 11.6. The maximum Gasteiger partial charge on any atom is 0.253 e. The molecule has 0 aliphatic heterocycles. The number of para-hydroxylation sites is 1. The molecule has 0 bridgehead atoms. The summed E-state index contributed by atoms with van der Waals surface area (Å²) >= 11 is 5.85. The Morgan fingerprint density at radius 3 is 2.62 bits per heavy atom. The van der Waals surface area contributed by atoms with Crippen LogP contribution >= 0.6 is 11.6 Å². The number of hydrogen-bond donors (Lipinski definition) is 1. The lowest BCUT2D eigenvalue weighted by Crippen LogP contribution is -2.22. The zero-order valence-corrected chi connectivity index (χ0v) is 12.4. The van der Waals surface area contributed by atoms with Crippen LogP contribution in [-0.4, -0.2) is 10.5 Å². The third-order valence-electron chi connectivity index (χ3n) is 3.51. The molecule has 0 saturated heterocycles. The van der Waals surface area contributed by atoms with E-state index < -0.39 is 0 Å². The van der Waals surface area contributed by atoms with Crippen LogP contribution in [0.5, 0.6) is 0 Å². The lowest BCUT2D eigenvalue weighted by Gasteiger charge is -2.04. The highest BCUT2D eigenvalue weighted by molar-refractivity contribution is 6.30. The van der Waals surface area contributed by atoms with E-state index in [0.29, 0.717) is 17.1 Å². The molecular formula is C17H15ClN2O. The van der Waals surface area contributed by atoms with Crippen LogP contribution in [0.3, 0.4) is 0 Å². The first-order chi connectivity index (χ1) is 10.1. The highest BCUT2D eigenvalue weighted by Gasteiger charge is 2.12. The third-order valence-corrected chi connectivity index (χ3v) is 3.76. The second kappa shape index (κ2) is 5.62. The quantitative estimate of drug-likeness (QED) is 0.785. The van der Waals surface area contributed by atoms with E-state index in [1.807, 2.05) is 66.3 Å². The predicted octanol–water partition coefficient (Wildman–Crippen LogP) is 3.76. The van der Waals surface area contributed by atoms with Gasteiger partial charge in [0.1, 0.15) is 0 Å². The monoisotopic (exact) mass is 298 g/mol. The topological polar surface area (TPSA) is 34.0 Å². The van der Waals surface area contributed by atoms with Crippen LogP contribution in [0.2, 0.25) is 5.02 Å². The molecule has 0 atom stereocenters. The number of fused-ring (bicyclic) bond motifs is 1. The average molecular weight is 299 g/mol. The molecule has 0 aliphatic rings. The summed E-state index contributed by atoms with van der Waals surface area (Å²) in [7, 11) is 1.94. The van der Waals surface area contributed by atoms with E-state index in [1.54, 1.807) is 0 Å². The van der Waals surface area contributed by atoms with Gasteiger partial charge in [-0.25, -0.2) is 0 Å². The molecule has 3 aromatic rings. The van der Waals surface area contributed by atoms with Gasteiger partial charge in [-0.05, 0) is 23.8 Å². The molecule has 3 rings (SSSR count). The van der Waals surface area contributed by atoms with Crippen molar-refractivity contribution in [2.45, 2.75) is 6.54 Å². The minimum Gasteiger partial charge on any atom is -0.350 e. The van der Waals surface area contributed by atoms with Crippen LogP contribution < -0.4 is 5.32 Å². The van der Waals surface area contributed by atoms with E-state index in [0.717, 1.165) is 16.5 Å². The van der Waals surface area contributed by atoms with Gasteiger partial charge in [-0.15, -0.1) is 0 Å². The highest BCUT2D eigenvalue weighted by atomic mass is 35.5. The van der Waals surface area contributed by atoms with Gasteiger partial charge < -0.3 is 9.88 Å². The number of hydrogen-bond acceptors (Lipinski definition) is 1. The van der Waals surface area contributed by atoms with Crippen molar-refractivity contribution >= 4 is 28.4 Å². The molecule has 21 heavy (non-hydrogen) atoms. The average Bonchev–Trinajstić information content (AvgIpc) is 2.84. The minimum atomic E-state index is -0.0678. The van der Waals surface area contributed by atoms with Crippen molar-refractivity contribution in [1.82, 2.24) is 9.88 Å². The van der Waals surface area contributed by atoms with Crippen LogP contribution in [0, 0.1) is 0 Å². The Labute approximate surface area is 128 Å². The number of aromatic nitrogens is 1. The molecule has 1 amide bonds. The normalized spacial score (nSPS) is 10.8. The van der Waals surface area contributed by atoms with Gasteiger partial charge in [0.15, 0.2) is 0 Å².